The summed E-state index contributed by atoms with van der Waals surface area (Å²) >= 11 is 2.82. The summed E-state index contributed by atoms with van der Waals surface area (Å²) in [5.41, 5.74) is -1.27. The number of hydrogen-bond donors (Lipinski definition) is 2. The monoisotopic (exact) mass is 520 g/mol. The fourth-order valence-electron chi connectivity index (χ4n) is 5.49. The van der Waals surface area contributed by atoms with E-state index >= 15 is 0 Å². The Morgan fingerprint density at radius 1 is 1.08 bits per heavy atom. The van der Waals surface area contributed by atoms with E-state index in [-0.39, 0.29) is 5.92 Å². The van der Waals surface area contributed by atoms with Crippen molar-refractivity contribution in [2.24, 2.45) is 0 Å². The molecule has 0 aromatic carbocycles. The lowest BCUT2D eigenvalue weighted by Gasteiger charge is -2.57. The van der Waals surface area contributed by atoms with E-state index in [2.05, 4.69) is 51.1 Å². The van der Waals surface area contributed by atoms with Crippen molar-refractivity contribution < 1.29 is 8.94 Å². The largest absolute Gasteiger partial charge is 0.448 e. The molecule has 1 fully saturated rings. The van der Waals surface area contributed by atoms with Crippen LogP contribution in [-0.2, 0) is 11.0 Å². The highest BCUT2D eigenvalue weighted by Crippen LogP contribution is 2.63. The maximum atomic E-state index is 6.13. The molecule has 0 spiro atoms. The second kappa shape index (κ2) is 8.13. The van der Waals surface area contributed by atoms with E-state index < -0.39 is 11.0 Å². The molecule has 0 aliphatic carbocycles. The number of hydrogen-bond acceptors (Lipinski definition) is 14. The molecule has 3 atom stereocenters. The van der Waals surface area contributed by atoms with Gasteiger partial charge in [-0.25, -0.2) is 9.97 Å². The first-order chi connectivity index (χ1) is 17.9. The van der Waals surface area contributed by atoms with Crippen molar-refractivity contribution >= 4 is 28.7 Å². The normalized spacial score (nSPS) is 24.3. The zero-order valence-electron chi connectivity index (χ0n) is 18.3. The number of nitrogens with one attached hydrogen (secondary N) is 2. The summed E-state index contributed by atoms with van der Waals surface area (Å²) in [4.78, 5) is 11.7. The van der Waals surface area contributed by atoms with Gasteiger partial charge in [0, 0.05) is 35.5 Å². The second-order valence-electron chi connectivity index (χ2n) is 8.06. The fourth-order valence-corrected chi connectivity index (χ4v) is 6.92. The molecule has 7 rings (SSSR count). The molecular formula is C20H16N12O2S2. The number of aromatic amines is 2. The molecule has 0 amide bonds. The lowest BCUT2D eigenvalue weighted by Crippen LogP contribution is -2.68. The molecule has 1 aliphatic rings. The summed E-state index contributed by atoms with van der Waals surface area (Å²) < 4.78 is 16.3. The second-order valence-corrected chi connectivity index (χ2v) is 9.62. The van der Waals surface area contributed by atoms with Gasteiger partial charge >= 0.3 is 0 Å². The molecule has 16 heteroatoms. The average Bonchev–Trinajstić information content (AvgIpc) is 3.79. The molecule has 0 bridgehead atoms. The number of piperidine rings is 1. The molecule has 1 saturated heterocycles. The Labute approximate surface area is 209 Å². The van der Waals surface area contributed by atoms with Crippen molar-refractivity contribution in [3.63, 3.8) is 0 Å². The number of nitrogens with zero attached hydrogens (tertiary/aromatic N) is 10. The van der Waals surface area contributed by atoms with Gasteiger partial charge in [-0.05, 0) is 24.0 Å². The van der Waals surface area contributed by atoms with E-state index in [4.69, 9.17) is 18.3 Å². The summed E-state index contributed by atoms with van der Waals surface area (Å²) in [6.45, 7) is 0.564. The number of anilines is 1. The Balaban J connectivity index is 1.69. The van der Waals surface area contributed by atoms with Crippen LogP contribution >= 0.6 is 22.9 Å². The first-order valence-electron chi connectivity index (χ1n) is 10.8. The third kappa shape index (κ3) is 2.67. The van der Waals surface area contributed by atoms with Crippen molar-refractivity contribution in [2.75, 3.05) is 11.4 Å². The number of H-pyrrole nitrogens is 2. The van der Waals surface area contributed by atoms with E-state index in [0.717, 1.165) is 5.82 Å². The van der Waals surface area contributed by atoms with E-state index in [9.17, 15) is 0 Å². The predicted octanol–water partition coefficient (Wildman–Crippen LogP) is 2.13. The Hall–Kier alpha value is -4.31. The van der Waals surface area contributed by atoms with Gasteiger partial charge in [0.25, 0.3) is 0 Å². The van der Waals surface area contributed by atoms with E-state index in [1.165, 1.54) is 35.4 Å². The van der Waals surface area contributed by atoms with Gasteiger partial charge in [0.05, 0.1) is 18.1 Å². The maximum Gasteiger partial charge on any atom is 0.212 e. The topological polar surface area (TPSA) is 177 Å². The smallest absolute Gasteiger partial charge is 0.212 e. The Bertz CT molecular complexity index is 1310. The van der Waals surface area contributed by atoms with Crippen LogP contribution in [0.1, 0.15) is 40.4 Å². The summed E-state index contributed by atoms with van der Waals surface area (Å²) in [5.74, 6) is 1.02. The van der Waals surface area contributed by atoms with Crippen LogP contribution in [-0.4, -0.2) is 62.1 Å². The molecule has 14 nitrogen and oxygen atoms in total. The molecule has 1 aliphatic heterocycles. The predicted molar refractivity (Wildman–Crippen MR) is 124 cm³/mol. The quantitative estimate of drug-likeness (QED) is 0.327. The molecule has 0 saturated carbocycles. The zero-order valence-corrected chi connectivity index (χ0v) is 19.9. The van der Waals surface area contributed by atoms with Crippen LogP contribution in [0.15, 0.2) is 62.9 Å². The van der Waals surface area contributed by atoms with Crippen LogP contribution in [0.2, 0.25) is 0 Å². The molecular weight excluding hydrogens is 504 g/mol. The number of oxazole rings is 1. The van der Waals surface area contributed by atoms with Gasteiger partial charge in [-0.15, -0.1) is 21.5 Å². The van der Waals surface area contributed by atoms with Crippen LogP contribution < -0.4 is 4.90 Å². The summed E-state index contributed by atoms with van der Waals surface area (Å²) in [7, 11) is 0. The third-order valence-corrected chi connectivity index (χ3v) is 8.08. The first kappa shape index (κ1) is 21.0. The Morgan fingerprint density at radius 3 is 2.75 bits per heavy atom. The lowest BCUT2D eigenvalue weighted by atomic mass is 9.55. The van der Waals surface area contributed by atoms with Crippen molar-refractivity contribution in [2.45, 2.75) is 23.3 Å². The molecule has 0 radical (unpaired) electrons. The molecule has 180 valence electrons. The van der Waals surface area contributed by atoms with Gasteiger partial charge in [0.1, 0.15) is 29.0 Å². The Kier molecular flexibility index (Phi) is 4.74. The minimum absolute atomic E-state index is 0.330. The number of rotatable bonds is 6. The number of aromatic nitrogens is 11. The van der Waals surface area contributed by atoms with Gasteiger partial charge in [-0.3, -0.25) is 0 Å². The van der Waals surface area contributed by atoms with Crippen LogP contribution in [0.3, 0.4) is 0 Å². The number of tetrazole rings is 1. The zero-order chi connectivity index (χ0) is 24.0. The highest BCUT2D eigenvalue weighted by Gasteiger charge is 2.73. The highest BCUT2D eigenvalue weighted by molar-refractivity contribution is 7.09. The van der Waals surface area contributed by atoms with Gasteiger partial charge in [0.15, 0.2) is 16.8 Å². The van der Waals surface area contributed by atoms with E-state index in [1.54, 1.807) is 18.6 Å². The minimum Gasteiger partial charge on any atom is -0.448 e. The van der Waals surface area contributed by atoms with E-state index in [0.29, 0.717) is 41.1 Å². The van der Waals surface area contributed by atoms with Crippen molar-refractivity contribution in [3.05, 3.63) is 82.1 Å². The highest BCUT2D eigenvalue weighted by atomic mass is 32.1. The standard InChI is InChI=1S/C20H16N12O2S2/c1-6-32(15-3-9-36-28-15)20(14-2-7-34-27-14,18-22-5-10-35-18)19(16-25-30-31-26-16,17-21-4-8-33-17)12(1)13-11-23-29-24-13/h2-5,7-12H,1,6H2,(H,23,24,29)(H,25,26,30,31). The van der Waals surface area contributed by atoms with Crippen LogP contribution in [0.5, 0.6) is 0 Å². The third-order valence-electron chi connectivity index (χ3n) is 6.65. The molecule has 6 aromatic rings. The van der Waals surface area contributed by atoms with Crippen LogP contribution in [0, 0.1) is 0 Å². The van der Waals surface area contributed by atoms with E-state index in [1.807, 2.05) is 22.9 Å². The first-order valence-corrected chi connectivity index (χ1v) is 12.6. The Morgan fingerprint density at radius 2 is 2.08 bits per heavy atom. The fraction of sp³-hybridized carbons (Fsp3) is 0.250. The molecule has 3 unspecified atom stereocenters. The van der Waals surface area contributed by atoms with Crippen molar-refractivity contribution in [1.29, 1.82) is 0 Å². The van der Waals surface area contributed by atoms with Gasteiger partial charge in [-0.1, -0.05) is 10.4 Å². The summed E-state index contributed by atoms with van der Waals surface area (Å²) in [6.07, 6.45) is 8.68. The molecule has 2 N–H and O–H groups in total. The molecule has 6 aromatic heterocycles. The van der Waals surface area contributed by atoms with Gasteiger partial charge in [0.2, 0.25) is 5.89 Å². The minimum atomic E-state index is -1.28. The van der Waals surface area contributed by atoms with Gasteiger partial charge < -0.3 is 13.8 Å². The molecule has 36 heavy (non-hydrogen) atoms. The van der Waals surface area contributed by atoms with Gasteiger partial charge in [-0.2, -0.15) is 25.0 Å². The van der Waals surface area contributed by atoms with Crippen LogP contribution in [0.4, 0.5) is 5.82 Å². The van der Waals surface area contributed by atoms with Crippen molar-refractivity contribution in [3.8, 4) is 0 Å². The SMILES string of the molecule is c1coc(C2(c3nn[nH]n3)C(c3cn[nH]n3)CCN(c3ccsn3)C2(c2ccon2)c2nccs2)n1. The molecule has 7 heterocycles. The summed E-state index contributed by atoms with van der Waals surface area (Å²) in [6, 6.07) is 3.77. The number of thiazole rings is 1. The maximum absolute atomic E-state index is 6.13. The van der Waals surface area contributed by atoms with Crippen molar-refractivity contribution in [1.82, 2.24) is 55.5 Å². The average molecular weight is 521 g/mol. The summed E-state index contributed by atoms with van der Waals surface area (Å²) in [5, 5.41) is 36.0. The lowest BCUT2D eigenvalue weighted by molar-refractivity contribution is 0.140. The van der Waals surface area contributed by atoms with Crippen LogP contribution in [0.25, 0.3) is 0 Å².